The van der Waals surface area contributed by atoms with Crippen LogP contribution in [-0.2, 0) is 14.8 Å². The van der Waals surface area contributed by atoms with Gasteiger partial charge in [0.05, 0.1) is 5.69 Å². The summed E-state index contributed by atoms with van der Waals surface area (Å²) in [7, 11) is -3.89. The van der Waals surface area contributed by atoms with E-state index >= 15 is 0 Å². The van der Waals surface area contributed by atoms with Gasteiger partial charge in [-0.25, -0.2) is 12.8 Å². The summed E-state index contributed by atoms with van der Waals surface area (Å²) in [5, 5.41) is 2.89. The van der Waals surface area contributed by atoms with Gasteiger partial charge in [-0.15, -0.1) is 0 Å². The monoisotopic (exact) mass is 454 g/mol. The average molecular weight is 455 g/mol. The van der Waals surface area contributed by atoms with E-state index in [1.54, 1.807) is 0 Å². The highest BCUT2D eigenvalue weighted by molar-refractivity contribution is 9.10. The summed E-state index contributed by atoms with van der Waals surface area (Å²) >= 11 is 3.43. The highest BCUT2D eigenvalue weighted by Gasteiger charge is 2.33. The minimum Gasteiger partial charge on any atom is -0.325 e. The summed E-state index contributed by atoms with van der Waals surface area (Å²) < 4.78 is 41.2. The van der Waals surface area contributed by atoms with E-state index in [-0.39, 0.29) is 29.8 Å². The number of sulfonamides is 1. The van der Waals surface area contributed by atoms with Gasteiger partial charge < -0.3 is 5.32 Å². The molecule has 27 heavy (non-hydrogen) atoms. The second kappa shape index (κ2) is 8.08. The van der Waals surface area contributed by atoms with Crippen molar-refractivity contribution < 1.29 is 17.6 Å². The van der Waals surface area contributed by atoms with E-state index in [0.29, 0.717) is 18.5 Å². The maximum atomic E-state index is 13.9. The molecule has 0 atom stereocenters. The number of nitrogens with one attached hydrogen (secondary N) is 1. The van der Waals surface area contributed by atoms with Crippen LogP contribution in [0.5, 0.6) is 0 Å². The summed E-state index contributed by atoms with van der Waals surface area (Å²) in [6.45, 7) is 2.33. The maximum Gasteiger partial charge on any atom is 0.245 e. The van der Waals surface area contributed by atoms with Gasteiger partial charge in [0.2, 0.25) is 15.9 Å². The molecule has 0 aromatic heterocycles. The van der Waals surface area contributed by atoms with Crippen molar-refractivity contribution in [3.63, 3.8) is 0 Å². The highest BCUT2D eigenvalue weighted by Crippen LogP contribution is 2.28. The number of piperidine rings is 1. The maximum absolute atomic E-state index is 13.9. The third kappa shape index (κ3) is 4.39. The van der Waals surface area contributed by atoms with E-state index in [1.807, 2.05) is 25.1 Å². The Hall–Kier alpha value is -1.77. The number of carbonyl (C=O) groups is 1. The summed E-state index contributed by atoms with van der Waals surface area (Å²) in [6.07, 6.45) is 0.784. The van der Waals surface area contributed by atoms with Crippen molar-refractivity contribution >= 4 is 37.5 Å². The van der Waals surface area contributed by atoms with Gasteiger partial charge in [-0.05, 0) is 65.5 Å². The van der Waals surface area contributed by atoms with E-state index in [0.717, 1.165) is 16.1 Å². The average Bonchev–Trinajstić information content (AvgIpc) is 2.64. The fourth-order valence-corrected chi connectivity index (χ4v) is 5.23. The van der Waals surface area contributed by atoms with Crippen LogP contribution in [0, 0.1) is 18.7 Å². The molecule has 8 heteroatoms. The Balaban J connectivity index is 1.65. The van der Waals surface area contributed by atoms with E-state index in [9.17, 15) is 17.6 Å². The Bertz CT molecular complexity index is 957. The van der Waals surface area contributed by atoms with Crippen LogP contribution in [0.2, 0.25) is 0 Å². The van der Waals surface area contributed by atoms with E-state index in [2.05, 4.69) is 21.2 Å². The molecule has 1 saturated heterocycles. The lowest BCUT2D eigenvalue weighted by Gasteiger charge is -2.30. The molecular formula is C19H20BrFN2O3S. The first-order valence-electron chi connectivity index (χ1n) is 8.61. The molecule has 2 aromatic rings. The Morgan fingerprint density at radius 1 is 1.19 bits per heavy atom. The highest BCUT2D eigenvalue weighted by atomic mass is 79.9. The quantitative estimate of drug-likeness (QED) is 0.760. The van der Waals surface area contributed by atoms with Gasteiger partial charge in [-0.1, -0.05) is 18.2 Å². The van der Waals surface area contributed by atoms with Gasteiger partial charge in [0.15, 0.2) is 0 Å². The van der Waals surface area contributed by atoms with Gasteiger partial charge >= 0.3 is 0 Å². The molecular weight excluding hydrogens is 435 g/mol. The number of rotatable bonds is 4. The second-order valence-corrected chi connectivity index (χ2v) is 9.34. The van der Waals surface area contributed by atoms with Crippen molar-refractivity contribution in [1.29, 1.82) is 0 Å². The van der Waals surface area contributed by atoms with Gasteiger partial charge in [-0.2, -0.15) is 4.31 Å². The zero-order valence-corrected chi connectivity index (χ0v) is 17.2. The zero-order valence-electron chi connectivity index (χ0n) is 14.8. The number of anilines is 1. The van der Waals surface area contributed by atoms with Gasteiger partial charge in [0.1, 0.15) is 10.7 Å². The molecule has 0 spiro atoms. The Morgan fingerprint density at radius 2 is 1.85 bits per heavy atom. The summed E-state index contributed by atoms with van der Waals surface area (Å²) in [5.74, 6) is -1.19. The van der Waals surface area contributed by atoms with Crippen molar-refractivity contribution in [1.82, 2.24) is 4.31 Å². The molecule has 1 aliphatic rings. The lowest BCUT2D eigenvalue weighted by Crippen LogP contribution is -2.41. The fraction of sp³-hybridized carbons (Fsp3) is 0.316. The molecule has 1 fully saturated rings. The van der Waals surface area contributed by atoms with Crippen LogP contribution in [0.25, 0.3) is 0 Å². The number of hydrogen-bond donors (Lipinski definition) is 1. The Labute approximate surface area is 166 Å². The van der Waals surface area contributed by atoms with E-state index in [4.69, 9.17) is 0 Å². The predicted octanol–water partition coefficient (Wildman–Crippen LogP) is 3.94. The molecule has 1 N–H and O–H groups in total. The predicted molar refractivity (Wildman–Crippen MR) is 105 cm³/mol. The SMILES string of the molecule is Cc1ccc(NC(=O)C2CCN(S(=O)(=O)c3ccccc3F)CC2)c(Br)c1. The van der Waals surface area contributed by atoms with Crippen molar-refractivity contribution in [2.45, 2.75) is 24.7 Å². The Kier molecular flexibility index (Phi) is 5.98. The molecule has 2 aromatic carbocycles. The van der Waals surface area contributed by atoms with Crippen molar-refractivity contribution in [3.8, 4) is 0 Å². The smallest absolute Gasteiger partial charge is 0.245 e. The fourth-order valence-electron chi connectivity index (χ4n) is 3.11. The third-order valence-electron chi connectivity index (χ3n) is 4.66. The minimum atomic E-state index is -3.89. The lowest BCUT2D eigenvalue weighted by molar-refractivity contribution is -0.120. The van der Waals surface area contributed by atoms with Crippen LogP contribution < -0.4 is 5.32 Å². The first kappa shape index (κ1) is 20.0. The first-order chi connectivity index (χ1) is 12.8. The van der Waals surface area contributed by atoms with Gasteiger partial charge in [0, 0.05) is 23.5 Å². The molecule has 1 aliphatic heterocycles. The van der Waals surface area contributed by atoms with Gasteiger partial charge in [-0.3, -0.25) is 4.79 Å². The van der Waals surface area contributed by atoms with E-state index < -0.39 is 15.8 Å². The van der Waals surface area contributed by atoms with Crippen molar-refractivity contribution in [2.75, 3.05) is 18.4 Å². The Morgan fingerprint density at radius 3 is 2.48 bits per heavy atom. The second-order valence-electron chi connectivity index (χ2n) is 6.58. The largest absolute Gasteiger partial charge is 0.325 e. The van der Waals surface area contributed by atoms with Crippen LogP contribution in [0.3, 0.4) is 0 Å². The molecule has 144 valence electrons. The zero-order chi connectivity index (χ0) is 19.6. The number of nitrogens with zero attached hydrogens (tertiary/aromatic N) is 1. The molecule has 0 saturated carbocycles. The van der Waals surface area contributed by atoms with Crippen molar-refractivity contribution in [3.05, 3.63) is 58.3 Å². The first-order valence-corrected chi connectivity index (χ1v) is 10.8. The van der Waals surface area contributed by atoms with Crippen LogP contribution in [0.15, 0.2) is 51.8 Å². The summed E-state index contributed by atoms with van der Waals surface area (Å²) in [5.41, 5.74) is 1.76. The molecule has 0 aliphatic carbocycles. The molecule has 1 heterocycles. The number of amides is 1. The molecule has 5 nitrogen and oxygen atoms in total. The number of hydrogen-bond acceptors (Lipinski definition) is 3. The molecule has 1 amide bonds. The van der Waals surface area contributed by atoms with Crippen LogP contribution >= 0.6 is 15.9 Å². The number of aryl methyl sites for hydroxylation is 1. The summed E-state index contributed by atoms with van der Waals surface area (Å²) in [4.78, 5) is 12.2. The number of halogens is 2. The normalized spacial score (nSPS) is 16.3. The lowest BCUT2D eigenvalue weighted by atomic mass is 9.97. The van der Waals surface area contributed by atoms with E-state index in [1.165, 1.54) is 22.5 Å². The van der Waals surface area contributed by atoms with Crippen LogP contribution in [-0.4, -0.2) is 31.7 Å². The number of benzene rings is 2. The number of carbonyl (C=O) groups excluding carboxylic acids is 1. The standard InChI is InChI=1S/C19H20BrFN2O3S/c1-13-6-7-17(15(20)12-13)22-19(24)14-8-10-23(11-9-14)27(25,26)18-5-3-2-4-16(18)21/h2-7,12,14H,8-11H2,1H3,(H,22,24). The topological polar surface area (TPSA) is 66.5 Å². The molecule has 0 radical (unpaired) electrons. The third-order valence-corrected chi connectivity index (χ3v) is 7.25. The molecule has 0 bridgehead atoms. The summed E-state index contributed by atoms with van der Waals surface area (Å²) in [6, 6.07) is 11.0. The minimum absolute atomic E-state index is 0.137. The van der Waals surface area contributed by atoms with Crippen LogP contribution in [0.1, 0.15) is 18.4 Å². The molecule has 3 rings (SSSR count). The van der Waals surface area contributed by atoms with Crippen LogP contribution in [0.4, 0.5) is 10.1 Å². The van der Waals surface area contributed by atoms with Crippen molar-refractivity contribution in [2.24, 2.45) is 5.92 Å². The molecule has 0 unspecified atom stereocenters. The van der Waals surface area contributed by atoms with Gasteiger partial charge in [0.25, 0.3) is 0 Å².